The van der Waals surface area contributed by atoms with Crippen LogP contribution in [-0.2, 0) is 33.5 Å². The first-order valence-electron chi connectivity index (χ1n) is 30.8. The zero-order valence-corrected chi connectivity index (χ0v) is 52.6. The van der Waals surface area contributed by atoms with Gasteiger partial charge in [-0.2, -0.15) is 0 Å². The lowest BCUT2D eigenvalue weighted by Crippen LogP contribution is -2.60. The van der Waals surface area contributed by atoms with E-state index in [0.29, 0.717) is 0 Å². The largest absolute Gasteiger partial charge is 0.314 e. The van der Waals surface area contributed by atoms with E-state index in [1.165, 1.54) is 160 Å². The van der Waals surface area contributed by atoms with Gasteiger partial charge in [0.1, 0.15) is 0 Å². The van der Waals surface area contributed by atoms with Crippen molar-refractivity contribution in [3.05, 3.63) is 178 Å². The van der Waals surface area contributed by atoms with Gasteiger partial charge in [-0.25, -0.2) is 0 Å². The highest BCUT2D eigenvalue weighted by Gasteiger charge is 2.44. The molecule has 0 atom stereocenters. The number of benzene rings is 8. The highest BCUT2D eigenvalue weighted by molar-refractivity contribution is 7.00. The topological polar surface area (TPSA) is 19.7 Å². The molecule has 0 saturated carbocycles. The molecule has 4 nitrogen and oxygen atoms in total. The Kier molecular flexibility index (Phi) is 10.5. The molecule has 0 unspecified atom stereocenters. The van der Waals surface area contributed by atoms with Gasteiger partial charge < -0.3 is 18.3 Å². The second-order valence-corrected chi connectivity index (χ2v) is 31.5. The summed E-state index contributed by atoms with van der Waals surface area (Å²) in [5, 5.41) is 9.17. The normalized spacial score (nSPS) is 14.8. The van der Waals surface area contributed by atoms with Crippen molar-refractivity contribution in [3.8, 4) is 22.7 Å². The fraction of sp³-hybridized carbons (Fsp3) is 0.333. The smallest absolute Gasteiger partial charge is 0.252 e. The predicted octanol–water partition coefficient (Wildman–Crippen LogP) is 18.9. The van der Waals surface area contributed by atoms with Crippen molar-refractivity contribution >= 4 is 105 Å². The van der Waals surface area contributed by atoms with Gasteiger partial charge in [-0.05, 0) is 162 Å². The molecule has 15 rings (SSSR count). The van der Waals surface area contributed by atoms with Crippen LogP contribution in [0.1, 0.15) is 170 Å². The first kappa shape index (κ1) is 52.3. The zero-order chi connectivity index (χ0) is 58.3. The molecule has 0 fully saturated rings. The molecule has 8 aromatic carbocycles. The number of hydrogen-bond donors (Lipinski definition) is 0. The SMILES string of the molecule is CC(C)(C)C1=Cc2c(n3c4c(cc(C(C)(C)C)cc24)B2c4c-3cc(-n3c5ccccc5c5cccc(-n6c7ccc(C(C)(C)C)cc7c7cc(C(C)(C)C)ccc76)c53)cc4-n3c4ccc(C(C)(C)C)cc4c4cc(C(C)(C)C)cc2c43)CC1. The van der Waals surface area contributed by atoms with Crippen molar-refractivity contribution in [2.75, 3.05) is 0 Å². The fourth-order valence-electron chi connectivity index (χ4n) is 15.0. The van der Waals surface area contributed by atoms with Crippen molar-refractivity contribution in [1.29, 1.82) is 0 Å². The van der Waals surface area contributed by atoms with Gasteiger partial charge in [0, 0.05) is 71.4 Å². The number of hydrogen-bond acceptors (Lipinski definition) is 0. The molecular formula is C78H81BN4. The van der Waals surface area contributed by atoms with Crippen LogP contribution in [0.25, 0.3) is 105 Å². The number of para-hydroxylation sites is 2. The summed E-state index contributed by atoms with van der Waals surface area (Å²) in [6.45, 7) is 42.7. The van der Waals surface area contributed by atoms with Crippen LogP contribution in [0.15, 0.2) is 139 Å². The Bertz CT molecular complexity index is 4820. The molecule has 0 spiro atoms. The van der Waals surface area contributed by atoms with Crippen LogP contribution in [0.2, 0.25) is 0 Å². The molecule has 0 bridgehead atoms. The highest BCUT2D eigenvalue weighted by atomic mass is 15.1. The third-order valence-corrected chi connectivity index (χ3v) is 19.8. The standard InChI is InChI=1S/C78H81BN4/c1-73(2,3)44-26-30-62-53(34-44)54-35-45(74(4,5)6)27-31-63(54)81(62)66-25-21-23-52-51-22-19-20-24-61(51)80(72(52)66)50-42-67-69-68(43-50)83-65-33-29-47(76(10,11)12)37-56(65)58-39-49(78(16,17)18)41-60(71(58)83)79(69)59-40-48(77(13,14)15)38-57-55-36-46(75(7,8)9)28-32-64(55)82(67)70(57)59/h19-28,30-32,34-43H,29,33H2,1-18H3. The molecular weight excluding hydrogens is 1000 g/mol. The van der Waals surface area contributed by atoms with Crippen molar-refractivity contribution < 1.29 is 0 Å². The molecule has 5 heteroatoms. The van der Waals surface area contributed by atoms with Crippen LogP contribution < -0.4 is 16.4 Å². The van der Waals surface area contributed by atoms with Crippen LogP contribution in [0.3, 0.4) is 0 Å². The van der Waals surface area contributed by atoms with Crippen molar-refractivity contribution in [1.82, 2.24) is 18.3 Å². The quantitative estimate of drug-likeness (QED) is 0.154. The molecule has 83 heavy (non-hydrogen) atoms. The van der Waals surface area contributed by atoms with Crippen LogP contribution in [0.5, 0.6) is 0 Å². The van der Waals surface area contributed by atoms with Crippen molar-refractivity contribution in [2.24, 2.45) is 5.41 Å². The molecule has 0 amide bonds. The minimum atomic E-state index is -0.0766. The van der Waals surface area contributed by atoms with E-state index >= 15 is 0 Å². The third-order valence-electron chi connectivity index (χ3n) is 19.8. The molecule has 0 radical (unpaired) electrons. The summed E-state index contributed by atoms with van der Waals surface area (Å²) in [7, 11) is 0. The number of nitrogens with zero attached hydrogens (tertiary/aromatic N) is 4. The van der Waals surface area contributed by atoms with E-state index < -0.39 is 0 Å². The van der Waals surface area contributed by atoms with Gasteiger partial charge in [0.2, 0.25) is 0 Å². The first-order chi connectivity index (χ1) is 39.0. The molecule has 0 saturated heterocycles. The molecule has 0 N–H and O–H groups in total. The second-order valence-electron chi connectivity index (χ2n) is 31.5. The summed E-state index contributed by atoms with van der Waals surface area (Å²) in [6.07, 6.45) is 4.64. The van der Waals surface area contributed by atoms with E-state index in [4.69, 9.17) is 0 Å². The van der Waals surface area contributed by atoms with Gasteiger partial charge in [0.05, 0.1) is 39.0 Å². The molecule has 2 aliphatic heterocycles. The number of aromatic nitrogens is 4. The summed E-state index contributed by atoms with van der Waals surface area (Å²) in [6, 6.07) is 53.8. The van der Waals surface area contributed by atoms with E-state index in [-0.39, 0.29) is 39.2 Å². The lowest BCUT2D eigenvalue weighted by molar-refractivity contribution is 0.483. The lowest BCUT2D eigenvalue weighted by atomic mass is 9.34. The molecule has 3 aliphatic rings. The van der Waals surface area contributed by atoms with Gasteiger partial charge in [-0.1, -0.05) is 197 Å². The monoisotopic (exact) mass is 1080 g/mol. The molecule has 6 heterocycles. The maximum atomic E-state index is 2.78. The Morgan fingerprint density at radius 2 is 0.783 bits per heavy atom. The Hall–Kier alpha value is -7.50. The molecule has 12 aromatic rings. The summed E-state index contributed by atoms with van der Waals surface area (Å²) < 4.78 is 10.7. The first-order valence-corrected chi connectivity index (χ1v) is 30.8. The molecule has 1 aliphatic carbocycles. The van der Waals surface area contributed by atoms with Gasteiger partial charge in [0.25, 0.3) is 6.71 Å². The van der Waals surface area contributed by atoms with E-state index in [2.05, 4.69) is 282 Å². The molecule has 416 valence electrons. The van der Waals surface area contributed by atoms with Crippen molar-refractivity contribution in [2.45, 2.75) is 165 Å². The number of rotatable bonds is 2. The van der Waals surface area contributed by atoms with Gasteiger partial charge in [0.15, 0.2) is 0 Å². The predicted molar refractivity (Wildman–Crippen MR) is 360 cm³/mol. The van der Waals surface area contributed by atoms with Gasteiger partial charge in [-0.3, -0.25) is 0 Å². The molecule has 4 aromatic heterocycles. The van der Waals surface area contributed by atoms with Gasteiger partial charge >= 0.3 is 0 Å². The average molecular weight is 1090 g/mol. The lowest BCUT2D eigenvalue weighted by Gasteiger charge is -2.36. The van der Waals surface area contributed by atoms with E-state index in [1.807, 2.05) is 0 Å². The van der Waals surface area contributed by atoms with E-state index in [0.717, 1.165) is 12.8 Å². The average Bonchev–Trinajstić information content (AvgIpc) is 1.63. The minimum Gasteiger partial charge on any atom is -0.314 e. The second kappa shape index (κ2) is 16.6. The summed E-state index contributed by atoms with van der Waals surface area (Å²) in [5.41, 5.74) is 29.1. The van der Waals surface area contributed by atoms with Gasteiger partial charge in [-0.15, -0.1) is 0 Å². The Balaban J connectivity index is 1.13. The van der Waals surface area contributed by atoms with Crippen LogP contribution in [-0.4, -0.2) is 25.0 Å². The van der Waals surface area contributed by atoms with Crippen molar-refractivity contribution in [3.63, 3.8) is 0 Å². The third kappa shape index (κ3) is 7.44. The zero-order valence-electron chi connectivity index (χ0n) is 52.6. The Morgan fingerprint density at radius 3 is 1.33 bits per heavy atom. The number of fused-ring (bicyclic) bond motifs is 16. The maximum Gasteiger partial charge on any atom is 0.252 e. The highest BCUT2D eigenvalue weighted by Crippen LogP contribution is 2.48. The Labute approximate surface area is 491 Å². The minimum absolute atomic E-state index is 0.000221. The summed E-state index contributed by atoms with van der Waals surface area (Å²) in [4.78, 5) is 0. The summed E-state index contributed by atoms with van der Waals surface area (Å²) in [5.74, 6) is 0. The van der Waals surface area contributed by atoms with E-state index in [1.54, 1.807) is 0 Å². The van der Waals surface area contributed by atoms with Crippen LogP contribution in [0, 0.1) is 5.41 Å². The van der Waals surface area contributed by atoms with E-state index in [9.17, 15) is 0 Å². The Morgan fingerprint density at radius 1 is 0.325 bits per heavy atom. The maximum absolute atomic E-state index is 2.78. The summed E-state index contributed by atoms with van der Waals surface area (Å²) >= 11 is 0. The fourth-order valence-corrected chi connectivity index (χ4v) is 15.0. The van der Waals surface area contributed by atoms with Crippen LogP contribution in [0.4, 0.5) is 0 Å². The number of allylic oxidation sites excluding steroid dienone is 1. The van der Waals surface area contributed by atoms with Crippen LogP contribution >= 0.6 is 0 Å².